The van der Waals surface area contributed by atoms with Crippen molar-refractivity contribution < 1.29 is 0 Å². The highest BCUT2D eigenvalue weighted by atomic mass is 15.1. The highest BCUT2D eigenvalue weighted by molar-refractivity contribution is 4.62. The molecule has 1 saturated heterocycles. The zero-order valence-corrected chi connectivity index (χ0v) is 11.8. The van der Waals surface area contributed by atoms with Crippen molar-refractivity contribution in [1.82, 2.24) is 10.2 Å². The summed E-state index contributed by atoms with van der Waals surface area (Å²) in [6.45, 7) is 8.69. The maximum atomic E-state index is 3.48. The molecular formula is C15H32N2. The summed E-state index contributed by atoms with van der Waals surface area (Å²) >= 11 is 0. The average molecular weight is 240 g/mol. The van der Waals surface area contributed by atoms with Crippen LogP contribution in [0.3, 0.4) is 0 Å². The van der Waals surface area contributed by atoms with E-state index in [9.17, 15) is 0 Å². The highest BCUT2D eigenvalue weighted by Crippen LogP contribution is 2.11. The molecule has 0 aromatic carbocycles. The lowest BCUT2D eigenvalue weighted by atomic mass is 10.1. The van der Waals surface area contributed by atoms with Gasteiger partial charge in [-0.05, 0) is 64.8 Å². The van der Waals surface area contributed by atoms with Crippen molar-refractivity contribution in [2.75, 3.05) is 32.7 Å². The van der Waals surface area contributed by atoms with Crippen LogP contribution in [0.2, 0.25) is 0 Å². The molecular weight excluding hydrogens is 208 g/mol. The Kier molecular flexibility index (Phi) is 9.72. The van der Waals surface area contributed by atoms with Crippen LogP contribution in [0.4, 0.5) is 0 Å². The minimum atomic E-state index is 1.19. The molecule has 0 aromatic rings. The van der Waals surface area contributed by atoms with Gasteiger partial charge in [-0.3, -0.25) is 0 Å². The van der Waals surface area contributed by atoms with Gasteiger partial charge in [-0.15, -0.1) is 0 Å². The molecule has 1 N–H and O–H groups in total. The van der Waals surface area contributed by atoms with Gasteiger partial charge in [-0.2, -0.15) is 0 Å². The van der Waals surface area contributed by atoms with Crippen LogP contribution in [0.1, 0.15) is 64.7 Å². The monoisotopic (exact) mass is 240 g/mol. The Hall–Kier alpha value is -0.0800. The molecule has 0 aliphatic carbocycles. The van der Waals surface area contributed by atoms with Crippen LogP contribution in [-0.4, -0.2) is 37.6 Å². The molecule has 2 heteroatoms. The van der Waals surface area contributed by atoms with Crippen LogP contribution in [0.15, 0.2) is 0 Å². The molecule has 0 unspecified atom stereocenters. The van der Waals surface area contributed by atoms with E-state index in [1.807, 2.05) is 0 Å². The molecule has 0 saturated carbocycles. The molecule has 1 fully saturated rings. The van der Waals surface area contributed by atoms with Crippen LogP contribution in [0.5, 0.6) is 0 Å². The van der Waals surface area contributed by atoms with Crippen molar-refractivity contribution in [1.29, 1.82) is 0 Å². The van der Waals surface area contributed by atoms with Gasteiger partial charge in [0, 0.05) is 0 Å². The fraction of sp³-hybridized carbons (Fsp3) is 1.00. The largest absolute Gasteiger partial charge is 0.317 e. The molecule has 0 radical (unpaired) electrons. The molecule has 2 nitrogen and oxygen atoms in total. The maximum Gasteiger partial charge on any atom is -0.00187 e. The fourth-order valence-corrected chi connectivity index (χ4v) is 2.60. The zero-order chi connectivity index (χ0) is 12.2. The highest BCUT2D eigenvalue weighted by Gasteiger charge is 2.06. The van der Waals surface area contributed by atoms with E-state index in [1.54, 1.807) is 0 Å². The summed E-state index contributed by atoms with van der Waals surface area (Å²) < 4.78 is 0. The first kappa shape index (κ1) is 15.0. The molecule has 17 heavy (non-hydrogen) atoms. The number of rotatable bonds is 8. The lowest BCUT2D eigenvalue weighted by Crippen LogP contribution is -2.28. The van der Waals surface area contributed by atoms with Crippen LogP contribution >= 0.6 is 0 Å². The Morgan fingerprint density at radius 1 is 0.824 bits per heavy atom. The molecule has 0 amide bonds. The van der Waals surface area contributed by atoms with Gasteiger partial charge < -0.3 is 10.2 Å². The molecule has 1 aliphatic heterocycles. The first-order valence-corrected chi connectivity index (χ1v) is 7.86. The summed E-state index contributed by atoms with van der Waals surface area (Å²) in [6, 6.07) is 0. The maximum absolute atomic E-state index is 3.48. The molecule has 1 heterocycles. The number of unbranched alkanes of at least 4 members (excludes halogenated alkanes) is 2. The van der Waals surface area contributed by atoms with Crippen molar-refractivity contribution in [3.8, 4) is 0 Å². The van der Waals surface area contributed by atoms with Gasteiger partial charge in [0.15, 0.2) is 0 Å². The second-order valence-corrected chi connectivity index (χ2v) is 5.42. The lowest BCUT2D eigenvalue weighted by Gasteiger charge is -2.24. The van der Waals surface area contributed by atoms with Gasteiger partial charge in [-0.25, -0.2) is 0 Å². The van der Waals surface area contributed by atoms with Gasteiger partial charge in [0.05, 0.1) is 0 Å². The molecule has 0 atom stereocenters. The topological polar surface area (TPSA) is 15.3 Å². The summed E-state index contributed by atoms with van der Waals surface area (Å²) in [4.78, 5) is 2.69. The molecule has 1 aliphatic rings. The van der Waals surface area contributed by atoms with E-state index >= 15 is 0 Å². The number of likely N-dealkylation sites (tertiary alicyclic amines) is 1. The Morgan fingerprint density at radius 3 is 2.24 bits per heavy atom. The Morgan fingerprint density at radius 2 is 1.53 bits per heavy atom. The molecule has 102 valence electrons. The number of hydrogen-bond donors (Lipinski definition) is 1. The van der Waals surface area contributed by atoms with E-state index in [0.717, 1.165) is 0 Å². The summed E-state index contributed by atoms with van der Waals surface area (Å²) in [5.74, 6) is 0. The van der Waals surface area contributed by atoms with E-state index < -0.39 is 0 Å². The number of nitrogens with zero attached hydrogens (tertiary/aromatic N) is 1. The van der Waals surface area contributed by atoms with Gasteiger partial charge in [0.2, 0.25) is 0 Å². The second-order valence-electron chi connectivity index (χ2n) is 5.42. The molecule has 1 rings (SSSR count). The predicted octanol–water partition coefficient (Wildman–Crippen LogP) is 3.42. The second kappa shape index (κ2) is 11.0. The van der Waals surface area contributed by atoms with E-state index in [-0.39, 0.29) is 0 Å². The van der Waals surface area contributed by atoms with Crippen molar-refractivity contribution in [2.45, 2.75) is 64.7 Å². The number of hydrogen-bond acceptors (Lipinski definition) is 2. The summed E-state index contributed by atoms with van der Waals surface area (Å²) in [7, 11) is 0. The Balaban J connectivity index is 1.90. The third-order valence-corrected chi connectivity index (χ3v) is 3.70. The zero-order valence-electron chi connectivity index (χ0n) is 11.8. The Bertz CT molecular complexity index is 151. The smallest absolute Gasteiger partial charge is 0.00187 e. The van der Waals surface area contributed by atoms with Gasteiger partial charge in [0.1, 0.15) is 0 Å². The Labute approximate surface area is 108 Å². The normalized spacial score (nSPS) is 18.9. The van der Waals surface area contributed by atoms with E-state index in [1.165, 1.54) is 90.5 Å². The summed E-state index contributed by atoms with van der Waals surface area (Å²) in [5, 5.41) is 3.48. The van der Waals surface area contributed by atoms with E-state index in [4.69, 9.17) is 0 Å². The van der Waals surface area contributed by atoms with Crippen LogP contribution in [0.25, 0.3) is 0 Å². The summed E-state index contributed by atoms with van der Waals surface area (Å²) in [5.41, 5.74) is 0. The van der Waals surface area contributed by atoms with Gasteiger partial charge in [0.25, 0.3) is 0 Å². The average Bonchev–Trinajstić information content (AvgIpc) is 2.30. The third-order valence-electron chi connectivity index (χ3n) is 3.70. The third kappa shape index (κ3) is 8.62. The molecule has 0 aromatic heterocycles. The van der Waals surface area contributed by atoms with Gasteiger partial charge in [-0.1, -0.05) is 32.6 Å². The van der Waals surface area contributed by atoms with Crippen molar-refractivity contribution in [2.24, 2.45) is 0 Å². The molecule has 0 spiro atoms. The van der Waals surface area contributed by atoms with Gasteiger partial charge >= 0.3 is 0 Å². The number of nitrogens with one attached hydrogen (secondary N) is 1. The summed E-state index contributed by atoms with van der Waals surface area (Å²) in [6.07, 6.45) is 12.6. The van der Waals surface area contributed by atoms with Crippen LogP contribution in [-0.2, 0) is 0 Å². The van der Waals surface area contributed by atoms with E-state index in [0.29, 0.717) is 0 Å². The predicted molar refractivity (Wildman–Crippen MR) is 76.5 cm³/mol. The molecule has 0 bridgehead atoms. The van der Waals surface area contributed by atoms with Crippen molar-refractivity contribution in [3.63, 3.8) is 0 Å². The minimum absolute atomic E-state index is 1.19. The van der Waals surface area contributed by atoms with E-state index in [2.05, 4.69) is 17.1 Å². The lowest BCUT2D eigenvalue weighted by molar-refractivity contribution is 0.242. The minimum Gasteiger partial charge on any atom is -0.317 e. The SMILES string of the molecule is CCCNCCCCCN1CCCCCCC1. The fourth-order valence-electron chi connectivity index (χ4n) is 2.60. The van der Waals surface area contributed by atoms with Crippen LogP contribution in [0, 0.1) is 0 Å². The van der Waals surface area contributed by atoms with Crippen LogP contribution < -0.4 is 5.32 Å². The first-order valence-electron chi connectivity index (χ1n) is 7.86. The van der Waals surface area contributed by atoms with Crippen molar-refractivity contribution in [3.05, 3.63) is 0 Å². The van der Waals surface area contributed by atoms with Crippen molar-refractivity contribution >= 4 is 0 Å². The first-order chi connectivity index (χ1) is 8.43. The standard InChI is InChI=1S/C15H32N2/c1-2-11-16-12-7-6-10-15-17-13-8-4-3-5-9-14-17/h16H,2-15H2,1H3. The quantitative estimate of drug-likeness (QED) is 0.654.